The Labute approximate surface area is 86.8 Å². The average molecular weight is 218 g/mol. The van der Waals surface area contributed by atoms with Crippen LogP contribution in [0.3, 0.4) is 0 Å². The van der Waals surface area contributed by atoms with E-state index in [0.717, 1.165) is 5.56 Å². The standard InChI is InChI=1S/C9H9Cl2NO/c1-5-7(10)3-4-8(9(5)11)12-6(2)13/h3-4H,1-2H3,(H,12,13). The van der Waals surface area contributed by atoms with Crippen molar-refractivity contribution in [1.29, 1.82) is 0 Å². The van der Waals surface area contributed by atoms with Gasteiger partial charge < -0.3 is 5.32 Å². The molecular formula is C9H9Cl2NO. The summed E-state index contributed by atoms with van der Waals surface area (Å²) in [5.41, 5.74) is 1.37. The molecule has 1 aromatic rings. The number of amides is 1. The number of nitrogens with one attached hydrogen (secondary N) is 1. The highest BCUT2D eigenvalue weighted by molar-refractivity contribution is 6.38. The minimum absolute atomic E-state index is 0.149. The molecule has 0 fully saturated rings. The van der Waals surface area contributed by atoms with Gasteiger partial charge in [-0.3, -0.25) is 4.79 Å². The number of carbonyl (C=O) groups excluding carboxylic acids is 1. The van der Waals surface area contributed by atoms with Crippen molar-refractivity contribution in [3.63, 3.8) is 0 Å². The van der Waals surface area contributed by atoms with Gasteiger partial charge in [0.15, 0.2) is 0 Å². The molecule has 0 heterocycles. The molecule has 0 aliphatic heterocycles. The molecule has 0 saturated carbocycles. The Morgan fingerprint density at radius 2 is 2.00 bits per heavy atom. The summed E-state index contributed by atoms with van der Waals surface area (Å²) in [7, 11) is 0. The van der Waals surface area contributed by atoms with Crippen molar-refractivity contribution in [3.8, 4) is 0 Å². The molecule has 1 N–H and O–H groups in total. The zero-order valence-corrected chi connectivity index (χ0v) is 8.83. The zero-order valence-electron chi connectivity index (χ0n) is 7.32. The van der Waals surface area contributed by atoms with Gasteiger partial charge in [0.1, 0.15) is 0 Å². The second-order valence-electron chi connectivity index (χ2n) is 2.72. The SMILES string of the molecule is CC(=O)Nc1ccc(Cl)c(C)c1Cl. The summed E-state index contributed by atoms with van der Waals surface area (Å²) in [6.45, 7) is 3.23. The minimum Gasteiger partial charge on any atom is -0.325 e. The highest BCUT2D eigenvalue weighted by Gasteiger charge is 2.07. The predicted molar refractivity (Wildman–Crippen MR) is 55.5 cm³/mol. The van der Waals surface area contributed by atoms with Gasteiger partial charge in [0.2, 0.25) is 5.91 Å². The van der Waals surface area contributed by atoms with E-state index in [0.29, 0.717) is 15.7 Å². The van der Waals surface area contributed by atoms with Gasteiger partial charge in [-0.2, -0.15) is 0 Å². The summed E-state index contributed by atoms with van der Waals surface area (Å²) in [4.78, 5) is 10.8. The van der Waals surface area contributed by atoms with E-state index in [1.165, 1.54) is 6.92 Å². The van der Waals surface area contributed by atoms with Crippen LogP contribution < -0.4 is 5.32 Å². The summed E-state index contributed by atoms with van der Waals surface area (Å²) in [5, 5.41) is 3.70. The summed E-state index contributed by atoms with van der Waals surface area (Å²) in [5.74, 6) is -0.149. The topological polar surface area (TPSA) is 29.1 Å². The van der Waals surface area contributed by atoms with Crippen molar-refractivity contribution < 1.29 is 4.79 Å². The number of carbonyl (C=O) groups is 1. The molecule has 0 aliphatic rings. The number of hydrogen-bond acceptors (Lipinski definition) is 1. The lowest BCUT2D eigenvalue weighted by Crippen LogP contribution is -2.06. The first-order chi connectivity index (χ1) is 6.02. The monoisotopic (exact) mass is 217 g/mol. The van der Waals surface area contributed by atoms with Gasteiger partial charge in [-0.05, 0) is 24.6 Å². The van der Waals surface area contributed by atoms with Gasteiger partial charge in [0.25, 0.3) is 0 Å². The van der Waals surface area contributed by atoms with Gasteiger partial charge in [-0.25, -0.2) is 0 Å². The second-order valence-corrected chi connectivity index (χ2v) is 3.50. The van der Waals surface area contributed by atoms with Gasteiger partial charge in [-0.15, -0.1) is 0 Å². The minimum atomic E-state index is -0.149. The average Bonchev–Trinajstić information content (AvgIpc) is 2.06. The fourth-order valence-corrected chi connectivity index (χ4v) is 1.37. The first-order valence-electron chi connectivity index (χ1n) is 3.74. The van der Waals surface area contributed by atoms with E-state index >= 15 is 0 Å². The summed E-state index contributed by atoms with van der Waals surface area (Å²) < 4.78 is 0. The highest BCUT2D eigenvalue weighted by Crippen LogP contribution is 2.30. The van der Waals surface area contributed by atoms with Gasteiger partial charge >= 0.3 is 0 Å². The van der Waals surface area contributed by atoms with Crippen LogP contribution in [-0.2, 0) is 4.79 Å². The van der Waals surface area contributed by atoms with E-state index in [4.69, 9.17) is 23.2 Å². The molecule has 4 heteroatoms. The molecule has 0 aliphatic carbocycles. The molecule has 1 aromatic carbocycles. The number of benzene rings is 1. The van der Waals surface area contributed by atoms with Crippen LogP contribution in [0, 0.1) is 6.92 Å². The third-order valence-electron chi connectivity index (χ3n) is 1.63. The zero-order chi connectivity index (χ0) is 10.0. The molecule has 0 bridgehead atoms. The quantitative estimate of drug-likeness (QED) is 0.769. The number of rotatable bonds is 1. The van der Waals surface area contributed by atoms with Crippen LogP contribution in [0.2, 0.25) is 10.0 Å². The highest BCUT2D eigenvalue weighted by atomic mass is 35.5. The van der Waals surface area contributed by atoms with Crippen LogP contribution in [0.5, 0.6) is 0 Å². The molecule has 0 aromatic heterocycles. The van der Waals surface area contributed by atoms with E-state index in [2.05, 4.69) is 5.32 Å². The smallest absolute Gasteiger partial charge is 0.221 e. The Morgan fingerprint density at radius 1 is 1.38 bits per heavy atom. The number of anilines is 1. The Hall–Kier alpha value is -0.730. The van der Waals surface area contributed by atoms with Gasteiger partial charge in [0.05, 0.1) is 10.7 Å². The number of hydrogen-bond donors (Lipinski definition) is 1. The summed E-state index contributed by atoms with van der Waals surface area (Å²) in [6, 6.07) is 3.38. The van der Waals surface area contributed by atoms with Crippen LogP contribution in [0.1, 0.15) is 12.5 Å². The first kappa shape index (κ1) is 10.4. The van der Waals surface area contributed by atoms with Crippen molar-refractivity contribution in [2.24, 2.45) is 0 Å². The van der Waals surface area contributed by atoms with Crippen LogP contribution in [-0.4, -0.2) is 5.91 Å². The maximum absolute atomic E-state index is 10.8. The molecule has 13 heavy (non-hydrogen) atoms. The molecule has 0 saturated heterocycles. The fourth-order valence-electron chi connectivity index (χ4n) is 0.948. The lowest BCUT2D eigenvalue weighted by Gasteiger charge is -2.07. The first-order valence-corrected chi connectivity index (χ1v) is 4.50. The third kappa shape index (κ3) is 2.36. The van der Waals surface area contributed by atoms with Crippen molar-refractivity contribution in [2.75, 3.05) is 5.32 Å². The Kier molecular flexibility index (Phi) is 3.17. The maximum atomic E-state index is 10.8. The molecule has 0 atom stereocenters. The van der Waals surface area contributed by atoms with E-state index in [1.807, 2.05) is 0 Å². The molecule has 0 radical (unpaired) electrons. The van der Waals surface area contributed by atoms with E-state index in [1.54, 1.807) is 19.1 Å². The van der Waals surface area contributed by atoms with Crippen LogP contribution >= 0.6 is 23.2 Å². The molecule has 70 valence electrons. The molecule has 1 amide bonds. The third-order valence-corrected chi connectivity index (χ3v) is 2.53. The molecular weight excluding hydrogens is 209 g/mol. The normalized spacial score (nSPS) is 9.85. The number of halogens is 2. The van der Waals surface area contributed by atoms with Crippen LogP contribution in [0.25, 0.3) is 0 Å². The Balaban J connectivity index is 3.10. The molecule has 0 unspecified atom stereocenters. The van der Waals surface area contributed by atoms with E-state index in [-0.39, 0.29) is 5.91 Å². The van der Waals surface area contributed by atoms with Crippen molar-refractivity contribution in [1.82, 2.24) is 0 Å². The largest absolute Gasteiger partial charge is 0.325 e. The van der Waals surface area contributed by atoms with Crippen LogP contribution in [0.4, 0.5) is 5.69 Å². The van der Waals surface area contributed by atoms with E-state index in [9.17, 15) is 4.79 Å². The lowest BCUT2D eigenvalue weighted by atomic mass is 10.2. The lowest BCUT2D eigenvalue weighted by molar-refractivity contribution is -0.114. The summed E-state index contributed by atoms with van der Waals surface area (Å²) in [6.07, 6.45) is 0. The Bertz CT molecular complexity index is 350. The molecule has 2 nitrogen and oxygen atoms in total. The fraction of sp³-hybridized carbons (Fsp3) is 0.222. The Morgan fingerprint density at radius 3 is 2.54 bits per heavy atom. The second kappa shape index (κ2) is 3.99. The van der Waals surface area contributed by atoms with E-state index < -0.39 is 0 Å². The van der Waals surface area contributed by atoms with Crippen LogP contribution in [0.15, 0.2) is 12.1 Å². The van der Waals surface area contributed by atoms with Crippen molar-refractivity contribution in [2.45, 2.75) is 13.8 Å². The van der Waals surface area contributed by atoms with Crippen molar-refractivity contribution >= 4 is 34.8 Å². The van der Waals surface area contributed by atoms with Gasteiger partial charge in [0, 0.05) is 11.9 Å². The summed E-state index contributed by atoms with van der Waals surface area (Å²) >= 11 is 11.8. The van der Waals surface area contributed by atoms with Gasteiger partial charge in [-0.1, -0.05) is 23.2 Å². The molecule has 1 rings (SSSR count). The molecule has 0 spiro atoms. The van der Waals surface area contributed by atoms with Crippen molar-refractivity contribution in [3.05, 3.63) is 27.7 Å². The maximum Gasteiger partial charge on any atom is 0.221 e. The predicted octanol–water partition coefficient (Wildman–Crippen LogP) is 3.26.